The highest BCUT2D eigenvalue weighted by Gasteiger charge is 2.18. The van der Waals surface area contributed by atoms with E-state index in [4.69, 9.17) is 5.84 Å². The molecule has 0 bridgehead atoms. The lowest BCUT2D eigenvalue weighted by Crippen LogP contribution is -2.30. The Morgan fingerprint density at radius 2 is 2.00 bits per heavy atom. The summed E-state index contributed by atoms with van der Waals surface area (Å²) in [5, 5.41) is 16.1. The lowest BCUT2D eigenvalue weighted by Gasteiger charge is -2.18. The molecule has 9 heteroatoms. The predicted octanol–water partition coefficient (Wildman–Crippen LogP) is 2.54. The molecular weight excluding hydrogens is 374 g/mol. The molecule has 3 rings (SSSR count). The smallest absolute Gasteiger partial charge is 0.271 e. The van der Waals surface area contributed by atoms with Gasteiger partial charge in [0.05, 0.1) is 17.5 Å². The van der Waals surface area contributed by atoms with Gasteiger partial charge in [-0.25, -0.2) is 9.36 Å². The predicted molar refractivity (Wildman–Crippen MR) is 110 cm³/mol. The van der Waals surface area contributed by atoms with Crippen LogP contribution in [0.3, 0.4) is 0 Å². The summed E-state index contributed by atoms with van der Waals surface area (Å²) in [6, 6.07) is 11.9. The van der Waals surface area contributed by atoms with Crippen molar-refractivity contribution in [1.29, 1.82) is 0 Å². The number of nitrogen functional groups attached to an aromatic ring is 1. The molecule has 148 valence electrons. The van der Waals surface area contributed by atoms with Gasteiger partial charge in [0.1, 0.15) is 0 Å². The lowest BCUT2D eigenvalue weighted by atomic mass is 10.0. The molecular formula is C19H25N7OS. The van der Waals surface area contributed by atoms with E-state index in [1.165, 1.54) is 16.4 Å². The van der Waals surface area contributed by atoms with E-state index < -0.39 is 0 Å². The molecule has 1 amide bonds. The highest BCUT2D eigenvalue weighted by Crippen LogP contribution is 2.20. The molecule has 0 radical (unpaired) electrons. The Hall–Kier alpha value is -2.81. The quantitative estimate of drug-likeness (QED) is 0.446. The van der Waals surface area contributed by atoms with Gasteiger partial charge in [-0.1, -0.05) is 55.4 Å². The van der Waals surface area contributed by atoms with Crippen molar-refractivity contribution in [2.24, 2.45) is 0 Å². The third-order valence-electron chi connectivity index (χ3n) is 4.29. The topological polar surface area (TPSA) is 104 Å². The number of rotatable bonds is 8. The van der Waals surface area contributed by atoms with E-state index in [1.807, 2.05) is 50.2 Å². The van der Waals surface area contributed by atoms with Crippen LogP contribution in [0.15, 0.2) is 41.6 Å². The first-order chi connectivity index (χ1) is 13.5. The number of nitrogens with two attached hydrogens (primary N) is 1. The van der Waals surface area contributed by atoms with Gasteiger partial charge in [0.2, 0.25) is 11.1 Å². The number of benzene rings is 1. The zero-order chi connectivity index (χ0) is 20.1. The summed E-state index contributed by atoms with van der Waals surface area (Å²) >= 11 is 1.25. The van der Waals surface area contributed by atoms with Crippen molar-refractivity contribution in [2.75, 3.05) is 11.6 Å². The molecule has 0 saturated heterocycles. The van der Waals surface area contributed by atoms with Crippen LogP contribution in [0, 0.1) is 13.8 Å². The minimum absolute atomic E-state index is 0.000284. The average molecular weight is 400 g/mol. The second-order valence-corrected chi connectivity index (χ2v) is 7.54. The van der Waals surface area contributed by atoms with E-state index in [0.717, 1.165) is 29.8 Å². The van der Waals surface area contributed by atoms with Gasteiger partial charge in [-0.05, 0) is 31.9 Å². The minimum Gasteiger partial charge on any atom is -0.349 e. The van der Waals surface area contributed by atoms with Crippen molar-refractivity contribution in [3.8, 4) is 5.95 Å². The normalized spacial score (nSPS) is 12.1. The van der Waals surface area contributed by atoms with Gasteiger partial charge in [-0.15, -0.1) is 10.2 Å². The molecule has 2 heterocycles. The van der Waals surface area contributed by atoms with Crippen molar-refractivity contribution >= 4 is 17.7 Å². The van der Waals surface area contributed by atoms with Crippen LogP contribution < -0.4 is 11.2 Å². The molecule has 8 nitrogen and oxygen atoms in total. The molecule has 2 aromatic heterocycles. The van der Waals surface area contributed by atoms with Crippen LogP contribution in [-0.2, 0) is 4.79 Å². The summed E-state index contributed by atoms with van der Waals surface area (Å²) < 4.78 is 3.00. The Morgan fingerprint density at radius 3 is 2.64 bits per heavy atom. The molecule has 0 unspecified atom stereocenters. The fourth-order valence-electron chi connectivity index (χ4n) is 3.01. The van der Waals surface area contributed by atoms with E-state index >= 15 is 0 Å². The van der Waals surface area contributed by atoms with E-state index in [2.05, 4.69) is 27.5 Å². The Kier molecular flexibility index (Phi) is 6.35. The Bertz CT molecular complexity index is 935. The van der Waals surface area contributed by atoms with Crippen LogP contribution in [0.1, 0.15) is 42.8 Å². The summed E-state index contributed by atoms with van der Waals surface area (Å²) in [6.07, 6.45) is 1.87. The number of nitrogens with one attached hydrogen (secondary N) is 1. The van der Waals surface area contributed by atoms with E-state index in [-0.39, 0.29) is 17.7 Å². The van der Waals surface area contributed by atoms with Crippen molar-refractivity contribution < 1.29 is 4.79 Å². The van der Waals surface area contributed by atoms with Crippen LogP contribution in [-0.4, -0.2) is 36.3 Å². The zero-order valence-electron chi connectivity index (χ0n) is 16.3. The SMILES string of the molecule is CCC[C@H](NC(=O)CSc1nnc(-n2nc(C)cc2C)n1N)c1ccccc1. The van der Waals surface area contributed by atoms with Gasteiger partial charge < -0.3 is 11.2 Å². The molecule has 3 N–H and O–H groups in total. The van der Waals surface area contributed by atoms with Gasteiger partial charge in [-0.3, -0.25) is 4.79 Å². The van der Waals surface area contributed by atoms with Crippen molar-refractivity contribution in [3.63, 3.8) is 0 Å². The van der Waals surface area contributed by atoms with Gasteiger partial charge in [-0.2, -0.15) is 5.10 Å². The Labute approximate surface area is 168 Å². The maximum atomic E-state index is 12.5. The molecule has 0 aliphatic heterocycles. The maximum Gasteiger partial charge on any atom is 0.271 e. The third-order valence-corrected chi connectivity index (χ3v) is 5.24. The van der Waals surface area contributed by atoms with Gasteiger partial charge in [0, 0.05) is 5.69 Å². The molecule has 28 heavy (non-hydrogen) atoms. The number of thioether (sulfide) groups is 1. The van der Waals surface area contributed by atoms with Crippen molar-refractivity contribution in [2.45, 2.75) is 44.8 Å². The molecule has 1 atom stereocenters. The monoisotopic (exact) mass is 399 g/mol. The van der Waals surface area contributed by atoms with Gasteiger partial charge in [0.25, 0.3) is 5.95 Å². The summed E-state index contributed by atoms with van der Waals surface area (Å²) in [5.74, 6) is 6.68. The number of amides is 1. The Balaban J connectivity index is 1.64. The maximum absolute atomic E-state index is 12.5. The van der Waals surface area contributed by atoms with Crippen molar-refractivity contribution in [3.05, 3.63) is 53.3 Å². The molecule has 1 aromatic carbocycles. The molecule has 3 aromatic rings. The third kappa shape index (κ3) is 4.53. The standard InChI is InChI=1S/C19H25N7OS/c1-4-8-16(15-9-6-5-7-10-15)21-17(27)12-28-19-23-22-18(25(19)20)26-14(3)11-13(2)24-26/h5-7,9-11,16H,4,8,12,20H2,1-3H3,(H,21,27)/t16-/m0/s1. The molecule has 0 saturated carbocycles. The number of aryl methyl sites for hydroxylation is 2. The minimum atomic E-state index is -0.0667. The van der Waals surface area contributed by atoms with Crippen LogP contribution in [0.5, 0.6) is 0 Å². The van der Waals surface area contributed by atoms with Crippen LogP contribution >= 0.6 is 11.8 Å². The second kappa shape index (κ2) is 8.92. The van der Waals surface area contributed by atoms with Crippen LogP contribution in [0.2, 0.25) is 0 Å². The molecule has 0 fully saturated rings. The molecule has 0 aliphatic carbocycles. The number of nitrogens with zero attached hydrogens (tertiary/aromatic N) is 5. The van der Waals surface area contributed by atoms with E-state index in [0.29, 0.717) is 11.1 Å². The average Bonchev–Trinajstić information content (AvgIpc) is 3.21. The summed E-state index contributed by atoms with van der Waals surface area (Å²) in [7, 11) is 0. The highest BCUT2D eigenvalue weighted by atomic mass is 32.2. The highest BCUT2D eigenvalue weighted by molar-refractivity contribution is 7.99. The number of aromatic nitrogens is 5. The fraction of sp³-hybridized carbons (Fsp3) is 0.368. The van der Waals surface area contributed by atoms with Gasteiger partial charge >= 0.3 is 0 Å². The van der Waals surface area contributed by atoms with Crippen LogP contribution in [0.25, 0.3) is 5.95 Å². The first-order valence-electron chi connectivity index (χ1n) is 9.20. The summed E-state index contributed by atoms with van der Waals surface area (Å²) in [4.78, 5) is 12.5. The summed E-state index contributed by atoms with van der Waals surface area (Å²) in [6.45, 7) is 5.93. The fourth-order valence-corrected chi connectivity index (χ4v) is 3.67. The number of carbonyl (C=O) groups is 1. The summed E-state index contributed by atoms with van der Waals surface area (Å²) in [5.41, 5.74) is 2.89. The van der Waals surface area contributed by atoms with Crippen molar-refractivity contribution in [1.82, 2.24) is 30.0 Å². The van der Waals surface area contributed by atoms with E-state index in [9.17, 15) is 4.79 Å². The second-order valence-electron chi connectivity index (χ2n) is 6.60. The largest absolute Gasteiger partial charge is 0.349 e. The zero-order valence-corrected chi connectivity index (χ0v) is 17.1. The number of hydrogen-bond donors (Lipinski definition) is 2. The molecule has 0 aliphatic rings. The first-order valence-corrected chi connectivity index (χ1v) is 10.2. The molecule has 0 spiro atoms. The lowest BCUT2D eigenvalue weighted by molar-refractivity contribution is -0.119. The van der Waals surface area contributed by atoms with E-state index in [1.54, 1.807) is 4.68 Å². The number of carbonyl (C=O) groups excluding carboxylic acids is 1. The number of hydrogen-bond acceptors (Lipinski definition) is 6. The van der Waals surface area contributed by atoms with Gasteiger partial charge in [0.15, 0.2) is 0 Å². The first kappa shape index (κ1) is 19.9. The van der Waals surface area contributed by atoms with Crippen LogP contribution in [0.4, 0.5) is 0 Å². The Morgan fingerprint density at radius 1 is 1.25 bits per heavy atom.